The number of hydrogen-bond donors (Lipinski definition) is 1. The summed E-state index contributed by atoms with van der Waals surface area (Å²) in [6.45, 7) is 12.0. The van der Waals surface area contributed by atoms with Crippen LogP contribution >= 0.6 is 0 Å². The number of unbranched alkanes of at least 4 members (excludes halogenated alkanes) is 1. The van der Waals surface area contributed by atoms with Gasteiger partial charge in [-0.05, 0) is 51.4 Å². The SMILES string of the molecule is C#CCN(CCC)CCCCNCC(C)C. The van der Waals surface area contributed by atoms with Gasteiger partial charge in [0, 0.05) is 0 Å². The van der Waals surface area contributed by atoms with Crippen LogP contribution < -0.4 is 5.32 Å². The van der Waals surface area contributed by atoms with Crippen LogP contribution in [0.4, 0.5) is 0 Å². The molecule has 0 fully saturated rings. The highest BCUT2D eigenvalue weighted by atomic mass is 15.1. The lowest BCUT2D eigenvalue weighted by Crippen LogP contribution is -2.27. The Morgan fingerprint density at radius 2 is 2.00 bits per heavy atom. The molecule has 0 saturated heterocycles. The monoisotopic (exact) mass is 224 g/mol. The predicted molar refractivity (Wildman–Crippen MR) is 72.5 cm³/mol. The van der Waals surface area contributed by atoms with Gasteiger partial charge in [0.2, 0.25) is 0 Å². The van der Waals surface area contributed by atoms with Crippen molar-refractivity contribution in [2.75, 3.05) is 32.7 Å². The fourth-order valence-corrected chi connectivity index (χ4v) is 1.69. The van der Waals surface area contributed by atoms with Gasteiger partial charge in [0.25, 0.3) is 0 Å². The fourth-order valence-electron chi connectivity index (χ4n) is 1.69. The van der Waals surface area contributed by atoms with Crippen molar-refractivity contribution >= 4 is 0 Å². The second kappa shape index (κ2) is 11.0. The Labute approximate surface area is 102 Å². The first-order valence-electron chi connectivity index (χ1n) is 6.57. The highest BCUT2D eigenvalue weighted by Crippen LogP contribution is 1.96. The first-order valence-corrected chi connectivity index (χ1v) is 6.57. The Morgan fingerprint density at radius 3 is 2.56 bits per heavy atom. The molecule has 16 heavy (non-hydrogen) atoms. The van der Waals surface area contributed by atoms with E-state index in [9.17, 15) is 0 Å². The van der Waals surface area contributed by atoms with Crippen LogP contribution in [-0.4, -0.2) is 37.6 Å². The summed E-state index contributed by atoms with van der Waals surface area (Å²) >= 11 is 0. The third-order valence-electron chi connectivity index (χ3n) is 2.49. The number of nitrogens with zero attached hydrogens (tertiary/aromatic N) is 1. The zero-order valence-electron chi connectivity index (χ0n) is 11.3. The van der Waals surface area contributed by atoms with Gasteiger partial charge in [-0.15, -0.1) is 6.42 Å². The Kier molecular flexibility index (Phi) is 10.6. The summed E-state index contributed by atoms with van der Waals surface area (Å²) in [5, 5.41) is 3.46. The lowest BCUT2D eigenvalue weighted by atomic mass is 10.2. The van der Waals surface area contributed by atoms with Crippen LogP contribution in [0.5, 0.6) is 0 Å². The van der Waals surface area contributed by atoms with Gasteiger partial charge in [0.1, 0.15) is 0 Å². The van der Waals surface area contributed by atoms with Gasteiger partial charge in [0.15, 0.2) is 0 Å². The van der Waals surface area contributed by atoms with Crippen molar-refractivity contribution in [1.82, 2.24) is 10.2 Å². The summed E-state index contributed by atoms with van der Waals surface area (Å²) in [5.74, 6) is 3.48. The van der Waals surface area contributed by atoms with Crippen LogP contribution in [0.3, 0.4) is 0 Å². The zero-order valence-corrected chi connectivity index (χ0v) is 11.3. The topological polar surface area (TPSA) is 15.3 Å². The lowest BCUT2D eigenvalue weighted by molar-refractivity contribution is 0.299. The minimum Gasteiger partial charge on any atom is -0.316 e. The summed E-state index contributed by atoms with van der Waals surface area (Å²) in [6.07, 6.45) is 9.02. The second-order valence-electron chi connectivity index (χ2n) is 4.79. The van der Waals surface area contributed by atoms with Crippen molar-refractivity contribution in [2.24, 2.45) is 5.92 Å². The molecule has 0 aliphatic carbocycles. The maximum atomic E-state index is 5.34. The van der Waals surface area contributed by atoms with Crippen LogP contribution in [0.25, 0.3) is 0 Å². The largest absolute Gasteiger partial charge is 0.316 e. The van der Waals surface area contributed by atoms with E-state index in [0.29, 0.717) is 0 Å². The predicted octanol–water partition coefficient (Wildman–Crippen LogP) is 2.36. The molecule has 0 atom stereocenters. The molecule has 0 unspecified atom stereocenters. The van der Waals surface area contributed by atoms with Crippen molar-refractivity contribution in [3.05, 3.63) is 0 Å². The first-order chi connectivity index (χ1) is 7.70. The summed E-state index contributed by atoms with van der Waals surface area (Å²) < 4.78 is 0. The van der Waals surface area contributed by atoms with E-state index < -0.39 is 0 Å². The lowest BCUT2D eigenvalue weighted by Gasteiger charge is -2.18. The molecule has 0 aromatic rings. The van der Waals surface area contributed by atoms with Crippen molar-refractivity contribution in [1.29, 1.82) is 0 Å². The van der Waals surface area contributed by atoms with Crippen LogP contribution in [0.2, 0.25) is 0 Å². The van der Waals surface area contributed by atoms with Gasteiger partial charge < -0.3 is 5.32 Å². The Balaban J connectivity index is 3.37. The van der Waals surface area contributed by atoms with Gasteiger partial charge >= 0.3 is 0 Å². The van der Waals surface area contributed by atoms with Gasteiger partial charge in [-0.1, -0.05) is 26.7 Å². The average molecular weight is 224 g/mol. The van der Waals surface area contributed by atoms with Crippen LogP contribution in [0.15, 0.2) is 0 Å². The third kappa shape index (κ3) is 10.0. The normalized spacial score (nSPS) is 11.0. The molecule has 0 spiro atoms. The molecule has 0 aromatic heterocycles. The van der Waals surface area contributed by atoms with Crippen molar-refractivity contribution < 1.29 is 0 Å². The minimum absolute atomic E-state index is 0.748. The van der Waals surface area contributed by atoms with E-state index in [0.717, 1.165) is 38.6 Å². The van der Waals surface area contributed by atoms with E-state index in [1.807, 2.05) is 0 Å². The second-order valence-corrected chi connectivity index (χ2v) is 4.79. The molecule has 2 heteroatoms. The van der Waals surface area contributed by atoms with Crippen molar-refractivity contribution in [2.45, 2.75) is 40.0 Å². The summed E-state index contributed by atoms with van der Waals surface area (Å²) in [5.41, 5.74) is 0. The quantitative estimate of drug-likeness (QED) is 0.453. The molecule has 0 bridgehead atoms. The van der Waals surface area contributed by atoms with E-state index in [2.05, 4.69) is 36.9 Å². The number of hydrogen-bond acceptors (Lipinski definition) is 2. The van der Waals surface area contributed by atoms with E-state index >= 15 is 0 Å². The number of rotatable bonds is 10. The Hall–Kier alpha value is -0.520. The molecular formula is C14H28N2. The third-order valence-corrected chi connectivity index (χ3v) is 2.49. The van der Waals surface area contributed by atoms with Gasteiger partial charge in [-0.25, -0.2) is 0 Å². The molecule has 2 nitrogen and oxygen atoms in total. The van der Waals surface area contributed by atoms with Crippen LogP contribution in [0.1, 0.15) is 40.0 Å². The molecule has 0 saturated carbocycles. The molecule has 0 aliphatic heterocycles. The molecule has 0 rings (SSSR count). The summed E-state index contributed by atoms with van der Waals surface area (Å²) in [7, 11) is 0. The molecule has 0 radical (unpaired) electrons. The van der Waals surface area contributed by atoms with Gasteiger partial charge in [-0.2, -0.15) is 0 Å². The van der Waals surface area contributed by atoms with E-state index in [1.165, 1.54) is 19.3 Å². The maximum absolute atomic E-state index is 5.34. The highest BCUT2D eigenvalue weighted by molar-refractivity contribution is 4.87. The average Bonchev–Trinajstić information content (AvgIpc) is 2.23. The smallest absolute Gasteiger partial charge is 0.0598 e. The Morgan fingerprint density at radius 1 is 1.25 bits per heavy atom. The standard InChI is InChI=1S/C14H28N2/c1-5-10-16(11-6-2)12-8-7-9-15-13-14(3)4/h1,14-15H,6-13H2,2-4H3. The minimum atomic E-state index is 0.748. The van der Waals surface area contributed by atoms with E-state index in [4.69, 9.17) is 6.42 Å². The zero-order chi connectivity index (χ0) is 12.2. The highest BCUT2D eigenvalue weighted by Gasteiger charge is 2.00. The molecule has 0 aliphatic rings. The first kappa shape index (κ1) is 15.5. The van der Waals surface area contributed by atoms with Crippen molar-refractivity contribution in [3.63, 3.8) is 0 Å². The molecule has 1 N–H and O–H groups in total. The van der Waals surface area contributed by atoms with E-state index in [1.54, 1.807) is 0 Å². The molecule has 0 heterocycles. The van der Waals surface area contributed by atoms with Gasteiger partial charge in [-0.3, -0.25) is 4.90 Å². The van der Waals surface area contributed by atoms with E-state index in [-0.39, 0.29) is 0 Å². The van der Waals surface area contributed by atoms with Crippen LogP contribution in [0, 0.1) is 18.3 Å². The summed E-state index contributed by atoms with van der Waals surface area (Å²) in [6, 6.07) is 0. The van der Waals surface area contributed by atoms with Crippen LogP contribution in [-0.2, 0) is 0 Å². The summed E-state index contributed by atoms with van der Waals surface area (Å²) in [4.78, 5) is 2.36. The molecule has 94 valence electrons. The molecule has 0 amide bonds. The molecule has 0 aromatic carbocycles. The fraction of sp³-hybridized carbons (Fsp3) is 0.857. The van der Waals surface area contributed by atoms with Gasteiger partial charge in [0.05, 0.1) is 6.54 Å². The van der Waals surface area contributed by atoms with Crippen molar-refractivity contribution in [3.8, 4) is 12.3 Å². The molecular weight excluding hydrogens is 196 g/mol. The number of terminal acetylenes is 1. The maximum Gasteiger partial charge on any atom is 0.0598 e. The number of nitrogens with one attached hydrogen (secondary N) is 1. The Bertz CT molecular complexity index is 182.